The van der Waals surface area contributed by atoms with Gasteiger partial charge < -0.3 is 0 Å². The van der Waals surface area contributed by atoms with Crippen molar-refractivity contribution in [3.8, 4) is 0 Å². The van der Waals surface area contributed by atoms with Gasteiger partial charge in [0, 0.05) is 18.6 Å². The first-order valence-corrected chi connectivity index (χ1v) is 7.52. The maximum atomic E-state index is 12.4. The molecule has 1 aromatic carbocycles. The van der Waals surface area contributed by atoms with E-state index >= 15 is 0 Å². The molecule has 112 valence electrons. The van der Waals surface area contributed by atoms with Gasteiger partial charge in [-0.05, 0) is 30.4 Å². The number of nitrogens with zero attached hydrogens (tertiary/aromatic N) is 1. The molecule has 0 bridgehead atoms. The third-order valence-corrected chi connectivity index (χ3v) is 4.02. The molecule has 1 aliphatic rings. The van der Waals surface area contributed by atoms with E-state index < -0.39 is 5.92 Å². The molecule has 21 heavy (non-hydrogen) atoms. The van der Waals surface area contributed by atoms with Crippen molar-refractivity contribution < 1.29 is 9.59 Å². The van der Waals surface area contributed by atoms with Crippen LogP contribution in [0.3, 0.4) is 0 Å². The van der Waals surface area contributed by atoms with E-state index in [-0.39, 0.29) is 17.0 Å². The van der Waals surface area contributed by atoms with Gasteiger partial charge >= 0.3 is 0 Å². The van der Waals surface area contributed by atoms with E-state index in [0.717, 1.165) is 17.0 Å². The molecule has 1 unspecified atom stereocenters. The van der Waals surface area contributed by atoms with Gasteiger partial charge in [-0.3, -0.25) is 14.6 Å². The Labute approximate surface area is 126 Å². The lowest BCUT2D eigenvalue weighted by Crippen LogP contribution is -2.41. The SMILES string of the molecule is CCC(=O)C1C(=O)CC(C)(C)CC1=Nc1ccccc1C. The van der Waals surface area contributed by atoms with E-state index in [9.17, 15) is 9.59 Å². The summed E-state index contributed by atoms with van der Waals surface area (Å²) >= 11 is 0. The third kappa shape index (κ3) is 3.46. The van der Waals surface area contributed by atoms with Crippen LogP contribution in [0, 0.1) is 18.3 Å². The Morgan fingerprint density at radius 2 is 1.95 bits per heavy atom. The Morgan fingerprint density at radius 1 is 1.29 bits per heavy atom. The first kappa shape index (κ1) is 15.6. The van der Waals surface area contributed by atoms with Gasteiger partial charge in [0.05, 0.1) is 5.69 Å². The van der Waals surface area contributed by atoms with Gasteiger partial charge in [-0.15, -0.1) is 0 Å². The zero-order valence-electron chi connectivity index (χ0n) is 13.3. The first-order chi connectivity index (χ1) is 9.84. The van der Waals surface area contributed by atoms with Crippen LogP contribution < -0.4 is 0 Å². The lowest BCUT2D eigenvalue weighted by Gasteiger charge is -2.33. The number of carbonyl (C=O) groups excluding carboxylic acids is 2. The zero-order chi connectivity index (χ0) is 15.6. The Balaban J connectivity index is 2.46. The third-order valence-electron chi connectivity index (χ3n) is 4.02. The summed E-state index contributed by atoms with van der Waals surface area (Å²) in [5.74, 6) is -0.629. The Kier molecular flexibility index (Phi) is 4.40. The van der Waals surface area contributed by atoms with Crippen LogP contribution in [-0.4, -0.2) is 17.3 Å². The molecule has 0 aliphatic heterocycles. The predicted octanol–water partition coefficient (Wildman–Crippen LogP) is 4.05. The van der Waals surface area contributed by atoms with Crippen molar-refractivity contribution in [1.29, 1.82) is 0 Å². The van der Waals surface area contributed by atoms with Gasteiger partial charge in [-0.25, -0.2) is 0 Å². The van der Waals surface area contributed by atoms with Crippen LogP contribution in [0.4, 0.5) is 5.69 Å². The molecular formula is C18H23NO2. The van der Waals surface area contributed by atoms with Crippen LogP contribution >= 0.6 is 0 Å². The fourth-order valence-corrected chi connectivity index (χ4v) is 2.93. The maximum absolute atomic E-state index is 12.4. The number of aliphatic imine (C=N–C) groups is 1. The highest BCUT2D eigenvalue weighted by Gasteiger charge is 2.41. The molecule has 1 aliphatic carbocycles. The minimum absolute atomic E-state index is 0.0113. The standard InChI is InChI=1S/C18H23NO2/c1-5-15(20)17-14(10-18(3,4)11-16(17)21)19-13-9-7-6-8-12(13)2/h6-9,17H,5,10-11H2,1-4H3. The van der Waals surface area contributed by atoms with Gasteiger partial charge in [0.15, 0.2) is 0 Å². The second kappa shape index (κ2) is 5.92. The van der Waals surface area contributed by atoms with Crippen molar-refractivity contribution in [1.82, 2.24) is 0 Å². The molecule has 1 aromatic rings. The van der Waals surface area contributed by atoms with Crippen molar-refractivity contribution in [2.75, 3.05) is 0 Å². The number of hydrogen-bond donors (Lipinski definition) is 0. The number of rotatable bonds is 3. The zero-order valence-corrected chi connectivity index (χ0v) is 13.3. The molecule has 2 rings (SSSR count). The average molecular weight is 285 g/mol. The number of hydrogen-bond acceptors (Lipinski definition) is 3. The Bertz CT molecular complexity index is 599. The summed E-state index contributed by atoms with van der Waals surface area (Å²) in [6.07, 6.45) is 1.53. The quantitative estimate of drug-likeness (QED) is 0.786. The second-order valence-corrected chi connectivity index (χ2v) is 6.63. The van der Waals surface area contributed by atoms with E-state index in [1.807, 2.05) is 31.2 Å². The molecule has 1 atom stereocenters. The minimum atomic E-state index is -0.636. The lowest BCUT2D eigenvalue weighted by molar-refractivity contribution is -0.131. The molecule has 0 N–H and O–H groups in total. The fraction of sp³-hybridized carbons (Fsp3) is 0.500. The van der Waals surface area contributed by atoms with E-state index in [0.29, 0.717) is 19.3 Å². The van der Waals surface area contributed by atoms with Crippen molar-refractivity contribution in [3.63, 3.8) is 0 Å². The number of ketones is 2. The molecular weight excluding hydrogens is 262 g/mol. The van der Waals surface area contributed by atoms with Crippen LogP contribution in [0.15, 0.2) is 29.3 Å². The summed E-state index contributed by atoms with van der Waals surface area (Å²) in [6, 6.07) is 7.82. The molecule has 0 amide bonds. The molecule has 1 fully saturated rings. The molecule has 0 heterocycles. The summed E-state index contributed by atoms with van der Waals surface area (Å²) in [5, 5.41) is 0. The average Bonchev–Trinajstić information content (AvgIpc) is 2.39. The van der Waals surface area contributed by atoms with E-state index in [2.05, 4.69) is 18.8 Å². The van der Waals surface area contributed by atoms with Crippen LogP contribution in [-0.2, 0) is 9.59 Å². The van der Waals surface area contributed by atoms with E-state index in [4.69, 9.17) is 0 Å². The van der Waals surface area contributed by atoms with Crippen molar-refractivity contribution >= 4 is 23.0 Å². The molecule has 0 aromatic heterocycles. The summed E-state index contributed by atoms with van der Waals surface area (Å²) in [5.41, 5.74) is 2.52. The predicted molar refractivity (Wildman–Crippen MR) is 85.1 cm³/mol. The highest BCUT2D eigenvalue weighted by atomic mass is 16.2. The number of Topliss-reactive ketones (excluding diaryl/α,β-unsaturated/α-hetero) is 2. The van der Waals surface area contributed by atoms with E-state index in [1.54, 1.807) is 6.92 Å². The largest absolute Gasteiger partial charge is 0.298 e. The highest BCUT2D eigenvalue weighted by Crippen LogP contribution is 2.36. The normalized spacial score (nSPS) is 23.3. The highest BCUT2D eigenvalue weighted by molar-refractivity contribution is 6.23. The summed E-state index contributed by atoms with van der Waals surface area (Å²) in [7, 11) is 0. The lowest BCUT2D eigenvalue weighted by atomic mass is 9.69. The smallest absolute Gasteiger partial charge is 0.149 e. The number of benzene rings is 1. The summed E-state index contributed by atoms with van der Waals surface area (Å²) in [4.78, 5) is 29.3. The number of para-hydroxylation sites is 1. The fourth-order valence-electron chi connectivity index (χ4n) is 2.93. The monoisotopic (exact) mass is 285 g/mol. The maximum Gasteiger partial charge on any atom is 0.149 e. The van der Waals surface area contributed by atoms with Gasteiger partial charge in [0.2, 0.25) is 0 Å². The van der Waals surface area contributed by atoms with Gasteiger partial charge in [0.25, 0.3) is 0 Å². The van der Waals surface area contributed by atoms with E-state index in [1.165, 1.54) is 0 Å². The van der Waals surface area contributed by atoms with Crippen LogP contribution in [0.25, 0.3) is 0 Å². The molecule has 0 radical (unpaired) electrons. The molecule has 0 saturated heterocycles. The van der Waals surface area contributed by atoms with Crippen molar-refractivity contribution in [2.45, 2.75) is 47.0 Å². The second-order valence-electron chi connectivity index (χ2n) is 6.63. The van der Waals surface area contributed by atoms with Gasteiger partial charge in [-0.2, -0.15) is 0 Å². The van der Waals surface area contributed by atoms with Crippen molar-refractivity contribution in [3.05, 3.63) is 29.8 Å². The topological polar surface area (TPSA) is 46.5 Å². The van der Waals surface area contributed by atoms with Crippen LogP contribution in [0.5, 0.6) is 0 Å². The minimum Gasteiger partial charge on any atom is -0.298 e. The molecule has 3 nitrogen and oxygen atoms in total. The molecule has 1 saturated carbocycles. The van der Waals surface area contributed by atoms with Gasteiger partial charge in [-0.1, -0.05) is 39.0 Å². The Morgan fingerprint density at radius 3 is 2.57 bits per heavy atom. The number of carbonyl (C=O) groups is 2. The molecule has 0 spiro atoms. The molecule has 3 heteroatoms. The summed E-state index contributed by atoms with van der Waals surface area (Å²) in [6.45, 7) is 7.92. The van der Waals surface area contributed by atoms with Crippen LogP contribution in [0.1, 0.15) is 45.6 Å². The summed E-state index contributed by atoms with van der Waals surface area (Å²) < 4.78 is 0. The van der Waals surface area contributed by atoms with Crippen LogP contribution in [0.2, 0.25) is 0 Å². The van der Waals surface area contributed by atoms with Crippen molar-refractivity contribution in [2.24, 2.45) is 16.3 Å². The number of aryl methyl sites for hydroxylation is 1. The first-order valence-electron chi connectivity index (χ1n) is 7.52. The van der Waals surface area contributed by atoms with Gasteiger partial charge in [0.1, 0.15) is 17.5 Å². The Hall–Kier alpha value is -1.77.